The summed E-state index contributed by atoms with van der Waals surface area (Å²) in [6.07, 6.45) is 2.29. The lowest BCUT2D eigenvalue weighted by molar-refractivity contribution is 0.0961. The van der Waals surface area contributed by atoms with Crippen molar-refractivity contribution < 1.29 is 9.59 Å². The fraction of sp³-hybridized carbons (Fsp3) is 0.300. The van der Waals surface area contributed by atoms with Crippen molar-refractivity contribution in [2.24, 2.45) is 0 Å². The lowest BCUT2D eigenvalue weighted by Gasteiger charge is -2.06. The van der Waals surface area contributed by atoms with Gasteiger partial charge in [0.25, 0.3) is 11.8 Å². The minimum atomic E-state index is -0.197. The van der Waals surface area contributed by atoms with E-state index in [1.54, 1.807) is 31.3 Å². The normalized spacial score (nSPS) is 13.6. The van der Waals surface area contributed by atoms with Crippen molar-refractivity contribution in [3.8, 4) is 0 Å². The highest BCUT2D eigenvalue weighted by Gasteiger charge is 2.28. The zero-order valence-electron chi connectivity index (χ0n) is 15.4. The van der Waals surface area contributed by atoms with E-state index in [0.717, 1.165) is 40.1 Å². The Bertz CT molecular complexity index is 1070. The van der Waals surface area contributed by atoms with Crippen molar-refractivity contribution >= 4 is 39.1 Å². The molecular formula is C20H20N4O2S. The largest absolute Gasteiger partial charge is 0.355 e. The molecule has 4 rings (SSSR count). The molecule has 6 nitrogen and oxygen atoms in total. The second kappa shape index (κ2) is 6.74. The zero-order valence-corrected chi connectivity index (χ0v) is 16.2. The number of rotatable bonds is 4. The average Bonchev–Trinajstić information content (AvgIpc) is 3.45. The Hall–Kier alpha value is -2.80. The quantitative estimate of drug-likeness (QED) is 0.721. The fourth-order valence-electron chi connectivity index (χ4n) is 3.17. The summed E-state index contributed by atoms with van der Waals surface area (Å²) in [5, 5.41) is 6.44. The van der Waals surface area contributed by atoms with Gasteiger partial charge in [-0.1, -0.05) is 6.07 Å². The van der Waals surface area contributed by atoms with Gasteiger partial charge < -0.3 is 10.6 Å². The molecule has 1 fully saturated rings. The van der Waals surface area contributed by atoms with Gasteiger partial charge >= 0.3 is 0 Å². The van der Waals surface area contributed by atoms with Crippen LogP contribution in [0.3, 0.4) is 0 Å². The minimum absolute atomic E-state index is 0.192. The van der Waals surface area contributed by atoms with Crippen LogP contribution in [0.25, 0.3) is 10.2 Å². The van der Waals surface area contributed by atoms with Crippen molar-refractivity contribution in [3.05, 3.63) is 51.8 Å². The van der Waals surface area contributed by atoms with Gasteiger partial charge in [-0.15, -0.1) is 11.3 Å². The van der Waals surface area contributed by atoms with E-state index in [-0.39, 0.29) is 11.8 Å². The number of thiophene rings is 1. The molecule has 0 aliphatic heterocycles. The number of benzene rings is 1. The van der Waals surface area contributed by atoms with Crippen molar-refractivity contribution in [1.82, 2.24) is 15.3 Å². The van der Waals surface area contributed by atoms with E-state index in [4.69, 9.17) is 4.98 Å². The number of carbonyl (C=O) groups excluding carboxylic acids is 2. The summed E-state index contributed by atoms with van der Waals surface area (Å²) in [6, 6.07) is 6.88. The first-order valence-electron chi connectivity index (χ1n) is 8.89. The maximum atomic E-state index is 12.8. The van der Waals surface area contributed by atoms with Crippen LogP contribution in [0.15, 0.2) is 24.3 Å². The van der Waals surface area contributed by atoms with Crippen molar-refractivity contribution in [2.75, 3.05) is 12.4 Å². The Balaban J connectivity index is 1.66. The second-order valence-electron chi connectivity index (χ2n) is 6.79. The first-order chi connectivity index (χ1) is 13.0. The molecule has 1 aromatic carbocycles. The topological polar surface area (TPSA) is 84.0 Å². The number of carbonyl (C=O) groups is 2. The Morgan fingerprint density at radius 3 is 2.63 bits per heavy atom. The molecule has 2 aromatic heterocycles. The third-order valence-corrected chi connectivity index (χ3v) is 5.93. The fourth-order valence-corrected chi connectivity index (χ4v) is 4.31. The van der Waals surface area contributed by atoms with Crippen LogP contribution in [0.5, 0.6) is 0 Å². The van der Waals surface area contributed by atoms with Gasteiger partial charge in [0, 0.05) is 29.6 Å². The molecule has 0 radical (unpaired) electrons. The van der Waals surface area contributed by atoms with Gasteiger partial charge in [0.05, 0.1) is 10.6 Å². The van der Waals surface area contributed by atoms with E-state index in [0.29, 0.717) is 22.0 Å². The highest BCUT2D eigenvalue weighted by atomic mass is 32.1. The average molecular weight is 380 g/mol. The smallest absolute Gasteiger partial charge is 0.266 e. The Morgan fingerprint density at radius 1 is 1.15 bits per heavy atom. The number of hydrogen-bond acceptors (Lipinski definition) is 5. The monoisotopic (exact) mass is 380 g/mol. The molecule has 0 unspecified atom stereocenters. The summed E-state index contributed by atoms with van der Waals surface area (Å²) in [4.78, 5) is 35.5. The number of amides is 2. The van der Waals surface area contributed by atoms with E-state index in [9.17, 15) is 9.59 Å². The molecule has 7 heteroatoms. The number of aromatic nitrogens is 2. The van der Waals surface area contributed by atoms with Gasteiger partial charge in [-0.3, -0.25) is 9.59 Å². The van der Waals surface area contributed by atoms with Crippen LogP contribution < -0.4 is 10.6 Å². The number of aryl methyl sites for hydroxylation is 2. The number of anilines is 1. The summed E-state index contributed by atoms with van der Waals surface area (Å²) in [5.74, 6) is 0.978. The number of nitrogens with one attached hydrogen (secondary N) is 2. The van der Waals surface area contributed by atoms with Crippen LogP contribution in [-0.2, 0) is 0 Å². The molecule has 0 saturated heterocycles. The molecule has 0 bridgehead atoms. The Labute approximate surface area is 161 Å². The number of fused-ring (bicyclic) bond motifs is 1. The lowest BCUT2D eigenvalue weighted by atomic mass is 10.1. The summed E-state index contributed by atoms with van der Waals surface area (Å²) in [5.41, 5.74) is 2.91. The van der Waals surface area contributed by atoms with Crippen LogP contribution in [0.4, 0.5) is 5.69 Å². The molecular weight excluding hydrogens is 360 g/mol. The van der Waals surface area contributed by atoms with E-state index in [2.05, 4.69) is 15.6 Å². The van der Waals surface area contributed by atoms with Gasteiger partial charge in [-0.2, -0.15) is 0 Å². The van der Waals surface area contributed by atoms with Gasteiger partial charge in [0.2, 0.25) is 0 Å². The van der Waals surface area contributed by atoms with Crippen molar-refractivity contribution in [1.29, 1.82) is 0 Å². The molecule has 1 aliphatic carbocycles. The molecule has 0 spiro atoms. The molecule has 2 amide bonds. The summed E-state index contributed by atoms with van der Waals surface area (Å²) >= 11 is 1.40. The standard InChI is InChI=1S/C20H20N4O2S/c1-10-15-11(2)22-17(12-7-8-12)24-20(15)27-16(10)19(26)23-14-6-4-5-13(9-14)18(25)21-3/h4-6,9,12H,7-8H2,1-3H3,(H,21,25)(H,23,26). The molecule has 1 aliphatic rings. The predicted molar refractivity (Wildman–Crippen MR) is 107 cm³/mol. The van der Waals surface area contributed by atoms with Gasteiger partial charge in [0.1, 0.15) is 10.7 Å². The first kappa shape index (κ1) is 17.6. The van der Waals surface area contributed by atoms with E-state index in [1.807, 2.05) is 13.8 Å². The van der Waals surface area contributed by atoms with E-state index in [1.165, 1.54) is 11.3 Å². The maximum absolute atomic E-state index is 12.8. The zero-order chi connectivity index (χ0) is 19.1. The minimum Gasteiger partial charge on any atom is -0.355 e. The van der Waals surface area contributed by atoms with Crippen LogP contribution in [0, 0.1) is 13.8 Å². The molecule has 2 N–H and O–H groups in total. The van der Waals surface area contributed by atoms with Crippen molar-refractivity contribution in [3.63, 3.8) is 0 Å². The van der Waals surface area contributed by atoms with Gasteiger partial charge in [0.15, 0.2) is 0 Å². The summed E-state index contributed by atoms with van der Waals surface area (Å²) in [6.45, 7) is 3.91. The van der Waals surface area contributed by atoms with Gasteiger partial charge in [-0.05, 0) is 50.5 Å². The van der Waals surface area contributed by atoms with E-state index >= 15 is 0 Å². The lowest BCUT2D eigenvalue weighted by Crippen LogP contribution is -2.18. The summed E-state index contributed by atoms with van der Waals surface area (Å²) in [7, 11) is 1.58. The second-order valence-corrected chi connectivity index (χ2v) is 7.79. The molecule has 2 heterocycles. The highest BCUT2D eigenvalue weighted by Crippen LogP contribution is 2.40. The molecule has 138 valence electrons. The van der Waals surface area contributed by atoms with E-state index < -0.39 is 0 Å². The third-order valence-electron chi connectivity index (χ3n) is 4.75. The predicted octanol–water partition coefficient (Wildman–Crippen LogP) is 3.80. The first-order valence-corrected chi connectivity index (χ1v) is 9.70. The maximum Gasteiger partial charge on any atom is 0.266 e. The number of nitrogens with zero attached hydrogens (tertiary/aromatic N) is 2. The molecule has 27 heavy (non-hydrogen) atoms. The van der Waals surface area contributed by atoms with Crippen LogP contribution in [0.1, 0.15) is 55.9 Å². The molecule has 1 saturated carbocycles. The SMILES string of the molecule is CNC(=O)c1cccc(NC(=O)c2sc3nc(C4CC4)nc(C)c3c2C)c1. The molecule has 3 aromatic rings. The Kier molecular flexibility index (Phi) is 4.39. The Morgan fingerprint density at radius 2 is 1.93 bits per heavy atom. The van der Waals surface area contributed by atoms with Crippen LogP contribution >= 0.6 is 11.3 Å². The molecule has 0 atom stereocenters. The summed E-state index contributed by atoms with van der Waals surface area (Å²) < 4.78 is 0. The van der Waals surface area contributed by atoms with Crippen LogP contribution in [-0.4, -0.2) is 28.8 Å². The highest BCUT2D eigenvalue weighted by molar-refractivity contribution is 7.20. The third kappa shape index (κ3) is 3.30. The van der Waals surface area contributed by atoms with Gasteiger partial charge in [-0.25, -0.2) is 9.97 Å². The van der Waals surface area contributed by atoms with Crippen molar-refractivity contribution in [2.45, 2.75) is 32.6 Å². The van der Waals surface area contributed by atoms with Crippen LogP contribution in [0.2, 0.25) is 0 Å². The number of hydrogen-bond donors (Lipinski definition) is 2.